The third-order valence-corrected chi connectivity index (χ3v) is 3.20. The summed E-state index contributed by atoms with van der Waals surface area (Å²) in [7, 11) is 0. The maximum absolute atomic E-state index is 12.0. The van der Waals surface area contributed by atoms with Crippen LogP contribution >= 0.6 is 12.2 Å². The lowest BCUT2D eigenvalue weighted by Gasteiger charge is -2.12. The predicted octanol–water partition coefficient (Wildman–Crippen LogP) is 3.08. The quantitative estimate of drug-likeness (QED) is 0.855. The molecule has 0 saturated carbocycles. The Morgan fingerprint density at radius 3 is 2.57 bits per heavy atom. The predicted molar refractivity (Wildman–Crippen MR) is 88.5 cm³/mol. The largest absolute Gasteiger partial charge is 0.317 e. The zero-order valence-electron chi connectivity index (χ0n) is 12.0. The minimum absolute atomic E-state index is 0.237. The van der Waals surface area contributed by atoms with Gasteiger partial charge < -0.3 is 5.32 Å². The minimum Gasteiger partial charge on any atom is -0.317 e. The number of carbonyl (C=O) groups is 1. The molecule has 2 aromatic rings. The van der Waals surface area contributed by atoms with Crippen molar-refractivity contribution < 1.29 is 4.79 Å². The Kier molecular flexibility index (Phi) is 5.00. The summed E-state index contributed by atoms with van der Waals surface area (Å²) < 4.78 is 0. The van der Waals surface area contributed by atoms with Crippen LogP contribution in [0.1, 0.15) is 28.5 Å². The Balaban J connectivity index is 2.05. The second kappa shape index (κ2) is 6.95. The van der Waals surface area contributed by atoms with E-state index in [2.05, 4.69) is 15.6 Å². The number of nitrogens with one attached hydrogen (secondary N) is 2. The van der Waals surface area contributed by atoms with Crippen LogP contribution in [-0.4, -0.2) is 16.0 Å². The van der Waals surface area contributed by atoms with E-state index < -0.39 is 0 Å². The van der Waals surface area contributed by atoms with Crippen LogP contribution in [0.25, 0.3) is 0 Å². The van der Waals surface area contributed by atoms with Gasteiger partial charge in [-0.15, -0.1) is 0 Å². The number of pyridine rings is 1. The fourth-order valence-corrected chi connectivity index (χ4v) is 2.07. The summed E-state index contributed by atoms with van der Waals surface area (Å²) in [5.74, 6) is 0.453. The molecule has 108 valence electrons. The molecule has 4 nitrogen and oxygen atoms in total. The third kappa shape index (κ3) is 4.10. The summed E-state index contributed by atoms with van der Waals surface area (Å²) in [6, 6.07) is 12.9. The van der Waals surface area contributed by atoms with E-state index in [1.807, 2.05) is 44.2 Å². The highest BCUT2D eigenvalue weighted by Gasteiger charge is 2.09. The molecule has 0 fully saturated rings. The summed E-state index contributed by atoms with van der Waals surface area (Å²) >= 11 is 5.18. The molecule has 0 unspecified atom stereocenters. The van der Waals surface area contributed by atoms with E-state index in [0.29, 0.717) is 11.4 Å². The van der Waals surface area contributed by atoms with Gasteiger partial charge in [0.05, 0.1) is 0 Å². The molecule has 21 heavy (non-hydrogen) atoms. The molecule has 2 N–H and O–H groups in total. The number of carbonyl (C=O) groups excluding carboxylic acids is 1. The van der Waals surface area contributed by atoms with Gasteiger partial charge >= 0.3 is 0 Å². The number of hydrogen-bond acceptors (Lipinski definition) is 3. The fourth-order valence-electron chi connectivity index (χ4n) is 1.88. The smallest absolute Gasteiger partial charge is 0.257 e. The normalized spacial score (nSPS) is 10.0. The minimum atomic E-state index is -0.237. The summed E-state index contributed by atoms with van der Waals surface area (Å²) in [4.78, 5) is 16.4. The number of benzene rings is 1. The van der Waals surface area contributed by atoms with Gasteiger partial charge in [-0.3, -0.25) is 10.1 Å². The van der Waals surface area contributed by atoms with Gasteiger partial charge in [0.25, 0.3) is 5.91 Å². The van der Waals surface area contributed by atoms with E-state index in [1.54, 1.807) is 12.1 Å². The van der Waals surface area contributed by atoms with Crippen molar-refractivity contribution in [2.75, 3.05) is 5.32 Å². The van der Waals surface area contributed by atoms with Crippen LogP contribution in [0.3, 0.4) is 0 Å². The van der Waals surface area contributed by atoms with Crippen LogP contribution in [0.15, 0.2) is 42.5 Å². The first kappa shape index (κ1) is 15.1. The van der Waals surface area contributed by atoms with Gasteiger partial charge in [0.2, 0.25) is 0 Å². The average Bonchev–Trinajstić information content (AvgIpc) is 2.48. The summed E-state index contributed by atoms with van der Waals surface area (Å²) in [5.41, 5.74) is 2.51. The maximum atomic E-state index is 12.0. The van der Waals surface area contributed by atoms with Crippen molar-refractivity contribution in [3.8, 4) is 0 Å². The third-order valence-electron chi connectivity index (χ3n) is 2.99. The van der Waals surface area contributed by atoms with Crippen molar-refractivity contribution in [3.05, 3.63) is 59.3 Å². The van der Waals surface area contributed by atoms with Crippen molar-refractivity contribution in [1.29, 1.82) is 0 Å². The van der Waals surface area contributed by atoms with Gasteiger partial charge in [-0.05, 0) is 49.3 Å². The Morgan fingerprint density at radius 1 is 1.19 bits per heavy atom. The molecule has 2 rings (SSSR count). The van der Waals surface area contributed by atoms with Crippen LogP contribution in [0, 0.1) is 6.92 Å². The van der Waals surface area contributed by atoms with E-state index in [0.717, 1.165) is 17.7 Å². The van der Waals surface area contributed by atoms with Crippen molar-refractivity contribution in [3.63, 3.8) is 0 Å². The molecular weight excluding hydrogens is 282 g/mol. The highest BCUT2D eigenvalue weighted by Crippen LogP contribution is 2.14. The molecule has 0 atom stereocenters. The highest BCUT2D eigenvalue weighted by molar-refractivity contribution is 7.80. The Labute approximate surface area is 129 Å². The number of thiocarbonyl (C=S) groups is 1. The molecule has 1 amide bonds. The molecule has 0 aliphatic rings. The molecule has 0 aliphatic heterocycles. The number of nitrogens with zero attached hydrogens (tertiary/aromatic N) is 1. The first-order chi connectivity index (χ1) is 10.1. The lowest BCUT2D eigenvalue weighted by molar-refractivity contribution is 0.0977. The van der Waals surface area contributed by atoms with Gasteiger partial charge in [0.1, 0.15) is 5.82 Å². The van der Waals surface area contributed by atoms with Crippen LogP contribution in [0.5, 0.6) is 0 Å². The molecular formula is C16H17N3OS. The lowest BCUT2D eigenvalue weighted by atomic mass is 10.2. The topological polar surface area (TPSA) is 54.0 Å². The van der Waals surface area contributed by atoms with Gasteiger partial charge in [0, 0.05) is 11.3 Å². The number of aryl methyl sites for hydroxylation is 2. The molecule has 0 aliphatic carbocycles. The molecule has 0 radical (unpaired) electrons. The van der Waals surface area contributed by atoms with E-state index in [9.17, 15) is 4.79 Å². The van der Waals surface area contributed by atoms with E-state index >= 15 is 0 Å². The zero-order valence-corrected chi connectivity index (χ0v) is 12.8. The number of amides is 1. The van der Waals surface area contributed by atoms with Crippen molar-refractivity contribution >= 4 is 29.1 Å². The van der Waals surface area contributed by atoms with E-state index in [4.69, 9.17) is 12.2 Å². The zero-order chi connectivity index (χ0) is 15.2. The van der Waals surface area contributed by atoms with Gasteiger partial charge in [-0.25, -0.2) is 4.98 Å². The first-order valence-corrected chi connectivity index (χ1v) is 7.15. The summed E-state index contributed by atoms with van der Waals surface area (Å²) in [5, 5.41) is 5.90. The fraction of sp³-hybridized carbons (Fsp3) is 0.188. The molecule has 1 aromatic heterocycles. The molecule has 0 saturated heterocycles. The SMILES string of the molecule is CCc1ccc(C)nc1NC(=S)NC(=O)c1ccccc1. The van der Waals surface area contributed by atoms with Crippen LogP contribution < -0.4 is 10.6 Å². The Hall–Kier alpha value is -2.27. The lowest BCUT2D eigenvalue weighted by Crippen LogP contribution is -2.34. The summed E-state index contributed by atoms with van der Waals surface area (Å²) in [6.07, 6.45) is 0.838. The van der Waals surface area contributed by atoms with E-state index in [-0.39, 0.29) is 11.0 Å². The molecule has 1 aromatic carbocycles. The van der Waals surface area contributed by atoms with Gasteiger partial charge in [-0.1, -0.05) is 31.2 Å². The molecule has 0 bridgehead atoms. The number of rotatable bonds is 3. The maximum Gasteiger partial charge on any atom is 0.257 e. The molecule has 0 spiro atoms. The summed E-state index contributed by atoms with van der Waals surface area (Å²) in [6.45, 7) is 3.96. The van der Waals surface area contributed by atoms with Gasteiger partial charge in [0.15, 0.2) is 5.11 Å². The number of hydrogen-bond donors (Lipinski definition) is 2. The Morgan fingerprint density at radius 2 is 1.90 bits per heavy atom. The standard InChI is InChI=1S/C16H17N3OS/c1-3-12-10-9-11(2)17-14(12)18-16(21)19-15(20)13-7-5-4-6-8-13/h4-10H,3H2,1-2H3,(H2,17,18,19,20,21). The van der Waals surface area contributed by atoms with Crippen molar-refractivity contribution in [2.24, 2.45) is 0 Å². The average molecular weight is 299 g/mol. The van der Waals surface area contributed by atoms with Crippen LogP contribution in [0.2, 0.25) is 0 Å². The molecule has 1 heterocycles. The molecule has 5 heteroatoms. The monoisotopic (exact) mass is 299 g/mol. The first-order valence-electron chi connectivity index (χ1n) is 6.74. The number of aromatic nitrogens is 1. The van der Waals surface area contributed by atoms with Crippen LogP contribution in [-0.2, 0) is 6.42 Å². The van der Waals surface area contributed by atoms with Crippen LogP contribution in [0.4, 0.5) is 5.82 Å². The van der Waals surface area contributed by atoms with Gasteiger partial charge in [-0.2, -0.15) is 0 Å². The number of anilines is 1. The second-order valence-electron chi connectivity index (χ2n) is 4.59. The van der Waals surface area contributed by atoms with E-state index in [1.165, 1.54) is 0 Å². The Bertz CT molecular complexity index is 656. The second-order valence-corrected chi connectivity index (χ2v) is 5.00. The van der Waals surface area contributed by atoms with Crippen molar-refractivity contribution in [2.45, 2.75) is 20.3 Å². The highest BCUT2D eigenvalue weighted by atomic mass is 32.1. The van der Waals surface area contributed by atoms with Crippen molar-refractivity contribution in [1.82, 2.24) is 10.3 Å².